The Morgan fingerprint density at radius 2 is 2.10 bits per heavy atom. The summed E-state index contributed by atoms with van der Waals surface area (Å²) in [4.78, 5) is 11.6. The maximum Gasteiger partial charge on any atom is 0.224 e. The van der Waals surface area contributed by atoms with E-state index in [0.717, 1.165) is 30.5 Å². The molecule has 0 aromatic heterocycles. The summed E-state index contributed by atoms with van der Waals surface area (Å²) in [5, 5.41) is 2.92. The van der Waals surface area contributed by atoms with Gasteiger partial charge in [-0.25, -0.2) is 0 Å². The summed E-state index contributed by atoms with van der Waals surface area (Å²) in [6.07, 6.45) is 9.67. The molecule has 2 rings (SSSR count). The van der Waals surface area contributed by atoms with Crippen LogP contribution < -0.4 is 11.1 Å². The molecule has 0 heterocycles. The number of anilines is 1. The highest BCUT2D eigenvalue weighted by Gasteiger charge is 2.06. The fraction of sp³-hybridized carbons (Fsp3) is 0.353. The molecule has 1 aliphatic carbocycles. The molecule has 0 spiro atoms. The molecule has 0 radical (unpaired) electrons. The smallest absolute Gasteiger partial charge is 0.224 e. The summed E-state index contributed by atoms with van der Waals surface area (Å²) in [7, 11) is 0. The average molecular weight is 270 g/mol. The Morgan fingerprint density at radius 3 is 2.70 bits per heavy atom. The predicted molar refractivity (Wildman–Crippen MR) is 84.3 cm³/mol. The van der Waals surface area contributed by atoms with Gasteiger partial charge in [-0.15, -0.1) is 0 Å². The molecular weight excluding hydrogens is 248 g/mol. The number of hydrogen-bond acceptors (Lipinski definition) is 2. The van der Waals surface area contributed by atoms with Gasteiger partial charge in [-0.05, 0) is 36.1 Å². The molecular formula is C17H22N2O. The fourth-order valence-electron chi connectivity index (χ4n) is 2.16. The third-order valence-electron chi connectivity index (χ3n) is 3.39. The standard InChI is InChI=1S/C17H22N2O/c1-2-3-4-17(20)19-16-11-7-14(8-12-16)13-5-9-15(18)10-6-13/h5-9,11-12,15H,2-4,10,18H2,1H3,(H,19,20). The van der Waals surface area contributed by atoms with Gasteiger partial charge < -0.3 is 11.1 Å². The minimum absolute atomic E-state index is 0.0855. The minimum atomic E-state index is 0.0855. The molecule has 0 saturated carbocycles. The molecule has 1 aromatic carbocycles. The van der Waals surface area contributed by atoms with Crippen LogP contribution >= 0.6 is 0 Å². The van der Waals surface area contributed by atoms with Gasteiger partial charge in [0.25, 0.3) is 0 Å². The molecule has 1 amide bonds. The highest BCUT2D eigenvalue weighted by molar-refractivity contribution is 5.91. The van der Waals surface area contributed by atoms with Gasteiger partial charge in [0.1, 0.15) is 0 Å². The number of amides is 1. The molecule has 3 heteroatoms. The normalized spacial score (nSPS) is 17.7. The lowest BCUT2D eigenvalue weighted by Gasteiger charge is -2.12. The number of hydrogen-bond donors (Lipinski definition) is 2. The maximum absolute atomic E-state index is 11.6. The molecule has 3 N–H and O–H groups in total. The lowest BCUT2D eigenvalue weighted by molar-refractivity contribution is -0.116. The second kappa shape index (κ2) is 7.06. The van der Waals surface area contributed by atoms with Crippen molar-refractivity contribution in [2.24, 2.45) is 5.73 Å². The third-order valence-corrected chi connectivity index (χ3v) is 3.39. The SMILES string of the molecule is CCCCC(=O)Nc1ccc(C2=CCC(N)C=C2)cc1. The lowest BCUT2D eigenvalue weighted by atomic mass is 9.97. The van der Waals surface area contributed by atoms with Gasteiger partial charge in [-0.2, -0.15) is 0 Å². The lowest BCUT2D eigenvalue weighted by Crippen LogP contribution is -2.17. The second-order valence-electron chi connectivity index (χ2n) is 5.15. The van der Waals surface area contributed by atoms with Crippen molar-refractivity contribution in [3.05, 3.63) is 48.1 Å². The van der Waals surface area contributed by atoms with Crippen molar-refractivity contribution in [3.63, 3.8) is 0 Å². The van der Waals surface area contributed by atoms with Crippen LogP contribution in [0.5, 0.6) is 0 Å². The van der Waals surface area contributed by atoms with Gasteiger partial charge in [-0.1, -0.05) is 43.7 Å². The molecule has 20 heavy (non-hydrogen) atoms. The summed E-state index contributed by atoms with van der Waals surface area (Å²) in [6, 6.07) is 8.09. The number of carbonyl (C=O) groups excluding carboxylic acids is 1. The second-order valence-corrected chi connectivity index (χ2v) is 5.15. The zero-order chi connectivity index (χ0) is 14.4. The molecule has 1 atom stereocenters. The number of rotatable bonds is 5. The van der Waals surface area contributed by atoms with Crippen LogP contribution in [0.1, 0.15) is 38.2 Å². The summed E-state index contributed by atoms with van der Waals surface area (Å²) < 4.78 is 0. The van der Waals surface area contributed by atoms with E-state index in [-0.39, 0.29) is 11.9 Å². The summed E-state index contributed by atoms with van der Waals surface area (Å²) >= 11 is 0. The van der Waals surface area contributed by atoms with E-state index in [9.17, 15) is 4.79 Å². The van der Waals surface area contributed by atoms with Crippen LogP contribution in [-0.2, 0) is 4.79 Å². The van der Waals surface area contributed by atoms with Gasteiger partial charge in [-0.3, -0.25) is 4.79 Å². The Bertz CT molecular complexity index is 514. The highest BCUT2D eigenvalue weighted by atomic mass is 16.1. The van der Waals surface area contributed by atoms with Crippen molar-refractivity contribution in [2.75, 3.05) is 5.32 Å². The molecule has 0 bridgehead atoms. The summed E-state index contributed by atoms with van der Waals surface area (Å²) in [5.74, 6) is 0.0855. The van der Waals surface area contributed by atoms with Crippen LogP contribution in [0.2, 0.25) is 0 Å². The van der Waals surface area contributed by atoms with Crippen LogP contribution in [0.3, 0.4) is 0 Å². The van der Waals surface area contributed by atoms with Crippen molar-refractivity contribution in [2.45, 2.75) is 38.6 Å². The van der Waals surface area contributed by atoms with E-state index < -0.39 is 0 Å². The summed E-state index contributed by atoms with van der Waals surface area (Å²) in [5.41, 5.74) is 9.01. The van der Waals surface area contributed by atoms with E-state index in [2.05, 4.69) is 24.4 Å². The minimum Gasteiger partial charge on any atom is -0.326 e. The quantitative estimate of drug-likeness (QED) is 0.860. The number of benzene rings is 1. The van der Waals surface area contributed by atoms with Gasteiger partial charge in [0.2, 0.25) is 5.91 Å². The van der Waals surface area contributed by atoms with Crippen molar-refractivity contribution in [1.82, 2.24) is 0 Å². The molecule has 106 valence electrons. The maximum atomic E-state index is 11.6. The first-order chi connectivity index (χ1) is 9.69. The Balaban J connectivity index is 1.96. The molecule has 1 aliphatic rings. The van der Waals surface area contributed by atoms with Gasteiger partial charge >= 0.3 is 0 Å². The van der Waals surface area contributed by atoms with Crippen LogP contribution in [0.25, 0.3) is 5.57 Å². The highest BCUT2D eigenvalue weighted by Crippen LogP contribution is 2.22. The van der Waals surface area contributed by atoms with E-state index in [1.807, 2.05) is 30.3 Å². The number of nitrogens with two attached hydrogens (primary N) is 1. The Labute approximate surface area is 120 Å². The molecule has 0 aliphatic heterocycles. The molecule has 0 saturated heterocycles. The van der Waals surface area contributed by atoms with Crippen molar-refractivity contribution in [1.29, 1.82) is 0 Å². The van der Waals surface area contributed by atoms with Gasteiger partial charge in [0, 0.05) is 18.2 Å². The monoisotopic (exact) mass is 270 g/mol. The Morgan fingerprint density at radius 1 is 1.35 bits per heavy atom. The zero-order valence-electron chi connectivity index (χ0n) is 11.9. The third kappa shape index (κ3) is 4.07. The molecule has 1 unspecified atom stereocenters. The number of allylic oxidation sites excluding steroid dienone is 2. The van der Waals surface area contributed by atoms with Crippen LogP contribution in [0.4, 0.5) is 5.69 Å². The summed E-state index contributed by atoms with van der Waals surface area (Å²) in [6.45, 7) is 2.08. The fourth-order valence-corrected chi connectivity index (χ4v) is 2.16. The Kier molecular flexibility index (Phi) is 5.13. The van der Waals surface area contributed by atoms with Gasteiger partial charge in [0.05, 0.1) is 0 Å². The largest absolute Gasteiger partial charge is 0.326 e. The predicted octanol–water partition coefficient (Wildman–Crippen LogP) is 3.49. The van der Waals surface area contributed by atoms with E-state index in [0.29, 0.717) is 6.42 Å². The average Bonchev–Trinajstić information content (AvgIpc) is 2.47. The molecule has 0 fully saturated rings. The van der Waals surface area contributed by atoms with E-state index >= 15 is 0 Å². The topological polar surface area (TPSA) is 55.1 Å². The van der Waals surface area contributed by atoms with E-state index in [4.69, 9.17) is 5.73 Å². The van der Waals surface area contributed by atoms with Crippen LogP contribution in [0.15, 0.2) is 42.5 Å². The first-order valence-corrected chi connectivity index (χ1v) is 7.23. The zero-order valence-corrected chi connectivity index (χ0v) is 11.9. The van der Waals surface area contributed by atoms with Crippen LogP contribution in [0, 0.1) is 0 Å². The number of carbonyl (C=O) groups is 1. The van der Waals surface area contributed by atoms with Gasteiger partial charge in [0.15, 0.2) is 0 Å². The first kappa shape index (κ1) is 14.5. The first-order valence-electron chi connectivity index (χ1n) is 7.23. The van der Waals surface area contributed by atoms with Crippen LogP contribution in [-0.4, -0.2) is 11.9 Å². The Hall–Kier alpha value is -1.87. The van der Waals surface area contributed by atoms with E-state index in [1.54, 1.807) is 0 Å². The molecule has 1 aromatic rings. The van der Waals surface area contributed by atoms with Crippen molar-refractivity contribution < 1.29 is 4.79 Å². The number of nitrogens with one attached hydrogen (secondary N) is 1. The van der Waals surface area contributed by atoms with Crippen molar-refractivity contribution >= 4 is 17.2 Å². The molecule has 3 nitrogen and oxygen atoms in total. The van der Waals surface area contributed by atoms with Crippen molar-refractivity contribution in [3.8, 4) is 0 Å². The van der Waals surface area contributed by atoms with E-state index in [1.165, 1.54) is 5.57 Å². The number of unbranched alkanes of at least 4 members (excludes halogenated alkanes) is 1.